The van der Waals surface area contributed by atoms with Crippen LogP contribution in [0, 0.1) is 5.41 Å². The Kier molecular flexibility index (Phi) is 4.61. The van der Waals surface area contributed by atoms with Crippen LogP contribution in [0.4, 0.5) is 4.79 Å². The van der Waals surface area contributed by atoms with Crippen LogP contribution < -0.4 is 0 Å². The zero-order valence-electron chi connectivity index (χ0n) is 15.0. The molecule has 1 spiro atoms. The minimum absolute atomic E-state index is 0.248. The summed E-state index contributed by atoms with van der Waals surface area (Å²) in [6, 6.07) is 6.22. The van der Waals surface area contributed by atoms with Gasteiger partial charge in [0.25, 0.3) is 0 Å². The van der Waals surface area contributed by atoms with Gasteiger partial charge in [-0.2, -0.15) is 0 Å². The Hall–Kier alpha value is -1.36. The maximum atomic E-state index is 13.1. The Morgan fingerprint density at radius 3 is 2.84 bits per heavy atom. The van der Waals surface area contributed by atoms with Crippen molar-refractivity contribution in [3.63, 3.8) is 0 Å². The first-order valence-electron chi connectivity index (χ1n) is 9.54. The Morgan fingerprint density at radius 2 is 2.16 bits per heavy atom. The predicted molar refractivity (Wildman–Crippen MR) is 97.9 cm³/mol. The van der Waals surface area contributed by atoms with Gasteiger partial charge >= 0.3 is 6.09 Å². The normalized spacial score (nSPS) is 25.3. The number of hydrogen-bond donors (Lipinski definition) is 0. The van der Waals surface area contributed by atoms with Crippen molar-refractivity contribution in [3.05, 3.63) is 29.3 Å². The summed E-state index contributed by atoms with van der Waals surface area (Å²) in [6.07, 6.45) is 8.09. The molecule has 4 rings (SSSR count). The van der Waals surface area contributed by atoms with Gasteiger partial charge in [0.15, 0.2) is 0 Å². The van der Waals surface area contributed by atoms with E-state index in [2.05, 4.69) is 12.1 Å². The third-order valence-electron chi connectivity index (χ3n) is 6.32. The van der Waals surface area contributed by atoms with Crippen molar-refractivity contribution >= 4 is 16.9 Å². The minimum atomic E-state index is -0.931. The Morgan fingerprint density at radius 1 is 1.32 bits per heavy atom. The van der Waals surface area contributed by atoms with Crippen LogP contribution in [-0.4, -0.2) is 33.6 Å². The maximum absolute atomic E-state index is 13.1. The topological polar surface area (TPSA) is 46.6 Å². The summed E-state index contributed by atoms with van der Waals surface area (Å²) in [7, 11) is -0.931. The van der Waals surface area contributed by atoms with E-state index in [-0.39, 0.29) is 6.09 Å². The standard InChI is InChI=1S/C20H27NO3S/c1-2-24-19(22)21-11-7-15-4-5-17(12-16(15)14-21)25(23)18-6-10-20(13-18)8-3-9-20/h4-5,12,18H,2-3,6-11,13-14H2,1H3. The Labute approximate surface area is 152 Å². The molecular weight excluding hydrogens is 334 g/mol. The zero-order chi connectivity index (χ0) is 17.4. The Bertz CT molecular complexity index is 698. The summed E-state index contributed by atoms with van der Waals surface area (Å²) in [5, 5.41) is 0.308. The first-order valence-corrected chi connectivity index (χ1v) is 10.8. The smallest absolute Gasteiger partial charge is 0.410 e. The van der Waals surface area contributed by atoms with Gasteiger partial charge in [-0.05, 0) is 74.1 Å². The van der Waals surface area contributed by atoms with Crippen LogP contribution in [0.15, 0.2) is 23.1 Å². The third kappa shape index (κ3) is 3.23. The molecule has 5 heteroatoms. The third-order valence-corrected chi connectivity index (χ3v) is 8.05. The van der Waals surface area contributed by atoms with Gasteiger partial charge < -0.3 is 9.64 Å². The molecular formula is C20H27NO3S. The van der Waals surface area contributed by atoms with Crippen LogP contribution >= 0.6 is 0 Å². The fourth-order valence-corrected chi connectivity index (χ4v) is 6.37. The van der Waals surface area contributed by atoms with Crippen molar-refractivity contribution in [2.24, 2.45) is 5.41 Å². The molecule has 3 aliphatic rings. The lowest BCUT2D eigenvalue weighted by atomic mass is 9.68. The molecule has 1 amide bonds. The van der Waals surface area contributed by atoms with E-state index in [9.17, 15) is 9.00 Å². The molecule has 0 aromatic heterocycles. The van der Waals surface area contributed by atoms with Gasteiger partial charge in [-0.1, -0.05) is 12.5 Å². The van der Waals surface area contributed by atoms with Crippen LogP contribution in [0.1, 0.15) is 56.6 Å². The average Bonchev–Trinajstić information content (AvgIpc) is 3.06. The monoisotopic (exact) mass is 361 g/mol. The number of ether oxygens (including phenoxy) is 1. The van der Waals surface area contributed by atoms with E-state index in [1.807, 2.05) is 13.0 Å². The van der Waals surface area contributed by atoms with Crippen molar-refractivity contribution < 1.29 is 13.7 Å². The average molecular weight is 362 g/mol. The van der Waals surface area contributed by atoms with E-state index in [1.54, 1.807) is 4.90 Å². The van der Waals surface area contributed by atoms with E-state index in [1.165, 1.54) is 31.2 Å². The molecule has 2 fully saturated rings. The highest BCUT2D eigenvalue weighted by molar-refractivity contribution is 7.85. The van der Waals surface area contributed by atoms with E-state index in [4.69, 9.17) is 4.74 Å². The zero-order valence-corrected chi connectivity index (χ0v) is 15.8. The fourth-order valence-electron chi connectivity index (χ4n) is 4.69. The maximum Gasteiger partial charge on any atom is 0.410 e. The highest BCUT2D eigenvalue weighted by Gasteiger charge is 2.45. The second kappa shape index (κ2) is 6.75. The van der Waals surface area contributed by atoms with Crippen molar-refractivity contribution in [1.82, 2.24) is 4.90 Å². The summed E-state index contributed by atoms with van der Waals surface area (Å²) >= 11 is 0. The van der Waals surface area contributed by atoms with Crippen LogP contribution in [0.25, 0.3) is 0 Å². The number of benzene rings is 1. The number of rotatable bonds is 3. The summed E-state index contributed by atoms with van der Waals surface area (Å²) < 4.78 is 18.2. The van der Waals surface area contributed by atoms with Gasteiger partial charge in [-0.15, -0.1) is 0 Å². The summed E-state index contributed by atoms with van der Waals surface area (Å²) in [6.45, 7) is 3.48. The second-order valence-corrected chi connectivity index (χ2v) is 9.55. The first kappa shape index (κ1) is 17.1. The highest BCUT2D eigenvalue weighted by Crippen LogP contribution is 2.54. The SMILES string of the molecule is CCOC(=O)N1CCc2ccc(S(=O)C3CCC4(CCC4)C3)cc2C1. The summed E-state index contributed by atoms with van der Waals surface area (Å²) in [5.74, 6) is 0. The number of nitrogens with zero attached hydrogens (tertiary/aromatic N) is 1. The number of hydrogen-bond acceptors (Lipinski definition) is 3. The molecule has 2 unspecified atom stereocenters. The molecule has 0 bridgehead atoms. The Balaban J connectivity index is 1.48. The molecule has 1 heterocycles. The largest absolute Gasteiger partial charge is 0.450 e. The second-order valence-electron chi connectivity index (χ2n) is 7.82. The molecule has 2 aliphatic carbocycles. The number of carbonyl (C=O) groups is 1. The van der Waals surface area contributed by atoms with Crippen molar-refractivity contribution in [3.8, 4) is 0 Å². The summed E-state index contributed by atoms with van der Waals surface area (Å²) in [4.78, 5) is 14.7. The fraction of sp³-hybridized carbons (Fsp3) is 0.650. The highest BCUT2D eigenvalue weighted by atomic mass is 32.2. The van der Waals surface area contributed by atoms with E-state index in [0.717, 1.165) is 29.7 Å². The van der Waals surface area contributed by atoms with Crippen molar-refractivity contribution in [2.75, 3.05) is 13.2 Å². The molecule has 0 N–H and O–H groups in total. The van der Waals surface area contributed by atoms with Gasteiger partial charge in [0.1, 0.15) is 0 Å². The van der Waals surface area contributed by atoms with Gasteiger partial charge in [-0.3, -0.25) is 4.21 Å². The molecule has 0 saturated heterocycles. The van der Waals surface area contributed by atoms with Crippen LogP contribution in [0.2, 0.25) is 0 Å². The molecule has 1 aromatic carbocycles. The number of amides is 1. The minimum Gasteiger partial charge on any atom is -0.450 e. The number of carbonyl (C=O) groups excluding carboxylic acids is 1. The molecule has 1 aromatic rings. The van der Waals surface area contributed by atoms with Gasteiger partial charge in [-0.25, -0.2) is 4.79 Å². The molecule has 2 atom stereocenters. The molecule has 2 saturated carbocycles. The molecule has 1 aliphatic heterocycles. The van der Waals surface area contributed by atoms with E-state index in [0.29, 0.717) is 30.4 Å². The molecule has 4 nitrogen and oxygen atoms in total. The van der Waals surface area contributed by atoms with Crippen molar-refractivity contribution in [1.29, 1.82) is 0 Å². The summed E-state index contributed by atoms with van der Waals surface area (Å²) in [5.41, 5.74) is 2.92. The predicted octanol–water partition coefficient (Wildman–Crippen LogP) is 4.03. The lowest BCUT2D eigenvalue weighted by Crippen LogP contribution is -2.36. The van der Waals surface area contributed by atoms with Crippen LogP contribution in [-0.2, 0) is 28.5 Å². The first-order chi connectivity index (χ1) is 12.1. The van der Waals surface area contributed by atoms with Crippen molar-refractivity contribution in [2.45, 2.75) is 68.6 Å². The molecule has 0 radical (unpaired) electrons. The van der Waals surface area contributed by atoms with E-state index < -0.39 is 10.8 Å². The quantitative estimate of drug-likeness (QED) is 0.816. The van der Waals surface area contributed by atoms with Crippen LogP contribution in [0.3, 0.4) is 0 Å². The lowest BCUT2D eigenvalue weighted by Gasteiger charge is -2.38. The van der Waals surface area contributed by atoms with Crippen LogP contribution in [0.5, 0.6) is 0 Å². The van der Waals surface area contributed by atoms with Gasteiger partial charge in [0.2, 0.25) is 0 Å². The molecule has 25 heavy (non-hydrogen) atoms. The van der Waals surface area contributed by atoms with Gasteiger partial charge in [0, 0.05) is 23.2 Å². The lowest BCUT2D eigenvalue weighted by molar-refractivity contribution is 0.102. The molecule has 136 valence electrons. The number of fused-ring (bicyclic) bond motifs is 1. The van der Waals surface area contributed by atoms with E-state index >= 15 is 0 Å². The van der Waals surface area contributed by atoms with Gasteiger partial charge in [0.05, 0.1) is 17.4 Å².